The molecule has 0 atom stereocenters. The maximum atomic E-state index is 12.9. The zero-order valence-electron chi connectivity index (χ0n) is 13.7. The van der Waals surface area contributed by atoms with E-state index in [9.17, 15) is 14.0 Å². The van der Waals surface area contributed by atoms with E-state index in [4.69, 9.17) is 0 Å². The SMILES string of the molecule is O=C(NCc1nnc(C(=O)Nc2ccc(F)cc2)s1)Nc1ccc(Br)cc1. The van der Waals surface area contributed by atoms with Crippen molar-refractivity contribution < 1.29 is 14.0 Å². The van der Waals surface area contributed by atoms with Crippen LogP contribution in [0.15, 0.2) is 53.0 Å². The maximum absolute atomic E-state index is 12.9. The van der Waals surface area contributed by atoms with E-state index in [1.165, 1.54) is 24.3 Å². The molecule has 3 aromatic rings. The first-order chi connectivity index (χ1) is 13.0. The summed E-state index contributed by atoms with van der Waals surface area (Å²) < 4.78 is 13.8. The van der Waals surface area contributed by atoms with Gasteiger partial charge >= 0.3 is 6.03 Å². The van der Waals surface area contributed by atoms with Gasteiger partial charge in [0.15, 0.2) is 0 Å². The monoisotopic (exact) mass is 449 g/mol. The summed E-state index contributed by atoms with van der Waals surface area (Å²) in [4.78, 5) is 24.0. The lowest BCUT2D eigenvalue weighted by atomic mass is 10.3. The number of rotatable bonds is 5. The Morgan fingerprint density at radius 3 is 2.30 bits per heavy atom. The lowest BCUT2D eigenvalue weighted by Crippen LogP contribution is -2.28. The highest BCUT2D eigenvalue weighted by atomic mass is 79.9. The molecule has 2 aromatic carbocycles. The van der Waals surface area contributed by atoms with E-state index < -0.39 is 17.8 Å². The Morgan fingerprint density at radius 2 is 1.59 bits per heavy atom. The van der Waals surface area contributed by atoms with Gasteiger partial charge in [0, 0.05) is 15.8 Å². The number of anilines is 2. The topological polar surface area (TPSA) is 96.0 Å². The van der Waals surface area contributed by atoms with Crippen LogP contribution in [-0.4, -0.2) is 22.1 Å². The number of carbonyl (C=O) groups excluding carboxylic acids is 2. The zero-order chi connectivity index (χ0) is 19.2. The molecule has 27 heavy (non-hydrogen) atoms. The first-order valence-corrected chi connectivity index (χ1v) is 9.30. The molecule has 10 heteroatoms. The number of aromatic nitrogens is 2. The van der Waals surface area contributed by atoms with Gasteiger partial charge in [0.2, 0.25) is 5.01 Å². The van der Waals surface area contributed by atoms with Gasteiger partial charge in [-0.15, -0.1) is 10.2 Å². The molecule has 0 radical (unpaired) electrons. The van der Waals surface area contributed by atoms with Gasteiger partial charge in [-0.05, 0) is 48.5 Å². The van der Waals surface area contributed by atoms with Crippen molar-refractivity contribution in [2.24, 2.45) is 0 Å². The average molecular weight is 450 g/mol. The number of hydrogen-bond donors (Lipinski definition) is 3. The number of carbonyl (C=O) groups is 2. The van der Waals surface area contributed by atoms with E-state index in [-0.39, 0.29) is 11.6 Å². The van der Waals surface area contributed by atoms with Gasteiger partial charge in [0.1, 0.15) is 10.8 Å². The van der Waals surface area contributed by atoms with Crippen LogP contribution in [0.5, 0.6) is 0 Å². The third-order valence-corrected chi connectivity index (χ3v) is 4.72. The fourth-order valence-corrected chi connectivity index (χ4v) is 2.94. The Labute approximate surface area is 166 Å². The summed E-state index contributed by atoms with van der Waals surface area (Å²) in [5.41, 5.74) is 1.09. The molecule has 0 spiro atoms. The van der Waals surface area contributed by atoms with Crippen molar-refractivity contribution in [2.75, 3.05) is 10.6 Å². The number of urea groups is 1. The number of benzene rings is 2. The summed E-state index contributed by atoms with van der Waals surface area (Å²) in [5.74, 6) is -0.844. The molecule has 1 heterocycles. The minimum atomic E-state index is -0.454. The Hall–Kier alpha value is -2.85. The number of halogens is 2. The maximum Gasteiger partial charge on any atom is 0.319 e. The molecule has 0 bridgehead atoms. The fraction of sp³-hybridized carbons (Fsp3) is 0.0588. The Kier molecular flexibility index (Phi) is 6.09. The molecule has 3 N–H and O–H groups in total. The van der Waals surface area contributed by atoms with Gasteiger partial charge in [-0.3, -0.25) is 4.79 Å². The van der Waals surface area contributed by atoms with Gasteiger partial charge in [0.25, 0.3) is 5.91 Å². The molecular weight excluding hydrogens is 437 g/mol. The fourth-order valence-electron chi connectivity index (χ4n) is 2.00. The van der Waals surface area contributed by atoms with Gasteiger partial charge < -0.3 is 16.0 Å². The minimum absolute atomic E-state index is 0.129. The third kappa shape index (κ3) is 5.56. The van der Waals surface area contributed by atoms with E-state index in [2.05, 4.69) is 42.1 Å². The molecule has 0 unspecified atom stereocenters. The molecule has 138 valence electrons. The Bertz CT molecular complexity index is 947. The number of nitrogens with one attached hydrogen (secondary N) is 3. The number of amides is 3. The standard InChI is InChI=1S/C17H13BrFN5O2S/c18-10-1-5-13(6-2-10)22-17(26)20-9-14-23-24-16(27-14)15(25)21-12-7-3-11(19)4-8-12/h1-8H,9H2,(H,21,25)(H2,20,22,26). The second kappa shape index (κ2) is 8.69. The lowest BCUT2D eigenvalue weighted by molar-refractivity contribution is 0.102. The molecule has 0 saturated carbocycles. The second-order valence-electron chi connectivity index (χ2n) is 5.28. The van der Waals surface area contributed by atoms with Crippen molar-refractivity contribution in [3.05, 3.63) is 68.8 Å². The van der Waals surface area contributed by atoms with Gasteiger partial charge in [-0.25, -0.2) is 9.18 Å². The second-order valence-corrected chi connectivity index (χ2v) is 7.25. The van der Waals surface area contributed by atoms with E-state index in [1.54, 1.807) is 12.1 Å². The van der Waals surface area contributed by atoms with E-state index in [0.29, 0.717) is 16.4 Å². The summed E-state index contributed by atoms with van der Waals surface area (Å²) in [5, 5.41) is 16.2. The van der Waals surface area contributed by atoms with Crippen molar-refractivity contribution in [2.45, 2.75) is 6.54 Å². The van der Waals surface area contributed by atoms with E-state index >= 15 is 0 Å². The van der Waals surface area contributed by atoms with Crippen LogP contribution in [0, 0.1) is 5.82 Å². The van der Waals surface area contributed by atoms with Crippen LogP contribution in [0.2, 0.25) is 0 Å². The summed E-state index contributed by atoms with van der Waals surface area (Å²) in [6, 6.07) is 12.1. The van der Waals surface area contributed by atoms with Gasteiger partial charge in [-0.1, -0.05) is 27.3 Å². The molecule has 0 fully saturated rings. The average Bonchev–Trinajstić information content (AvgIpc) is 3.13. The quantitative estimate of drug-likeness (QED) is 0.547. The van der Waals surface area contributed by atoms with Crippen molar-refractivity contribution in [1.29, 1.82) is 0 Å². The molecule has 3 rings (SSSR count). The molecule has 3 amide bonds. The van der Waals surface area contributed by atoms with Crippen molar-refractivity contribution in [3.63, 3.8) is 0 Å². The molecular formula is C17H13BrFN5O2S. The molecule has 1 aromatic heterocycles. The van der Waals surface area contributed by atoms with E-state index in [0.717, 1.165) is 15.8 Å². The molecule has 7 nitrogen and oxygen atoms in total. The van der Waals surface area contributed by atoms with Crippen LogP contribution in [0.4, 0.5) is 20.6 Å². The Balaban J connectivity index is 1.51. The number of hydrogen-bond acceptors (Lipinski definition) is 5. The largest absolute Gasteiger partial charge is 0.331 e. The summed E-state index contributed by atoms with van der Waals surface area (Å²) in [7, 11) is 0. The first kappa shape index (κ1) is 18.9. The van der Waals surface area contributed by atoms with Crippen LogP contribution < -0.4 is 16.0 Å². The van der Waals surface area contributed by atoms with Crippen molar-refractivity contribution in [1.82, 2.24) is 15.5 Å². The normalized spacial score (nSPS) is 10.3. The third-order valence-electron chi connectivity index (χ3n) is 3.27. The van der Waals surface area contributed by atoms with Crippen LogP contribution in [0.3, 0.4) is 0 Å². The van der Waals surface area contributed by atoms with Crippen LogP contribution in [0.25, 0.3) is 0 Å². The molecule has 0 aliphatic carbocycles. The van der Waals surface area contributed by atoms with Gasteiger partial charge in [-0.2, -0.15) is 0 Å². The first-order valence-electron chi connectivity index (χ1n) is 7.69. The van der Waals surface area contributed by atoms with Crippen LogP contribution in [0.1, 0.15) is 14.8 Å². The predicted octanol–water partition coefficient (Wildman–Crippen LogP) is 4.01. The molecule has 0 aliphatic rings. The van der Waals surface area contributed by atoms with Crippen LogP contribution >= 0.6 is 27.3 Å². The lowest BCUT2D eigenvalue weighted by Gasteiger charge is -2.06. The van der Waals surface area contributed by atoms with Gasteiger partial charge in [0.05, 0.1) is 6.54 Å². The highest BCUT2D eigenvalue weighted by Crippen LogP contribution is 2.15. The smallest absolute Gasteiger partial charge is 0.319 e. The number of nitrogens with zero attached hydrogens (tertiary/aromatic N) is 2. The minimum Gasteiger partial charge on any atom is -0.331 e. The predicted molar refractivity (Wildman–Crippen MR) is 104 cm³/mol. The summed E-state index contributed by atoms with van der Waals surface area (Å²) in [6.45, 7) is 0.129. The van der Waals surface area contributed by atoms with Crippen LogP contribution in [-0.2, 0) is 6.54 Å². The molecule has 0 aliphatic heterocycles. The summed E-state index contributed by atoms with van der Waals surface area (Å²) in [6.07, 6.45) is 0. The van der Waals surface area contributed by atoms with Crippen molar-refractivity contribution in [3.8, 4) is 0 Å². The van der Waals surface area contributed by atoms with Crippen molar-refractivity contribution >= 4 is 50.6 Å². The molecule has 0 saturated heterocycles. The Morgan fingerprint density at radius 1 is 0.963 bits per heavy atom. The van der Waals surface area contributed by atoms with E-state index in [1.807, 2.05) is 12.1 Å². The summed E-state index contributed by atoms with van der Waals surface area (Å²) >= 11 is 4.38. The highest BCUT2D eigenvalue weighted by molar-refractivity contribution is 9.10. The zero-order valence-corrected chi connectivity index (χ0v) is 16.1. The highest BCUT2D eigenvalue weighted by Gasteiger charge is 2.14.